The highest BCUT2D eigenvalue weighted by Crippen LogP contribution is 2.10. The first-order chi connectivity index (χ1) is 9.92. The Balaban J connectivity index is 2.49. The maximum absolute atomic E-state index is 11.8. The standard InChI is InChI=1S/C15H20BrN3O2/c1-4-10(2)17-14(20)9-11(3)18-19-15(21)12-5-7-13(16)8-6-12/h5-8,10H,4,9H2,1-3H3,(H,17,20)(H,19,21)/t10-/m1/s1. The second-order valence-electron chi connectivity index (χ2n) is 4.85. The normalized spacial score (nSPS) is 12.7. The third-order valence-electron chi connectivity index (χ3n) is 2.89. The van der Waals surface area contributed by atoms with Gasteiger partial charge >= 0.3 is 0 Å². The van der Waals surface area contributed by atoms with Gasteiger partial charge in [-0.25, -0.2) is 5.43 Å². The van der Waals surface area contributed by atoms with Crippen LogP contribution in [-0.4, -0.2) is 23.6 Å². The average Bonchev–Trinajstić information content (AvgIpc) is 2.45. The van der Waals surface area contributed by atoms with Gasteiger partial charge in [0, 0.05) is 21.8 Å². The minimum atomic E-state index is -0.302. The lowest BCUT2D eigenvalue weighted by molar-refractivity contribution is -0.120. The summed E-state index contributed by atoms with van der Waals surface area (Å²) in [6.45, 7) is 5.65. The summed E-state index contributed by atoms with van der Waals surface area (Å²) in [5.41, 5.74) is 3.51. The summed E-state index contributed by atoms with van der Waals surface area (Å²) < 4.78 is 0.903. The van der Waals surface area contributed by atoms with Gasteiger partial charge in [-0.1, -0.05) is 22.9 Å². The number of carbonyl (C=O) groups is 2. The first-order valence-corrected chi connectivity index (χ1v) is 7.60. The van der Waals surface area contributed by atoms with Gasteiger partial charge in [-0.15, -0.1) is 0 Å². The topological polar surface area (TPSA) is 70.6 Å². The highest BCUT2D eigenvalue weighted by atomic mass is 79.9. The molecule has 2 N–H and O–H groups in total. The number of hydrazone groups is 1. The van der Waals surface area contributed by atoms with Crippen molar-refractivity contribution in [3.05, 3.63) is 34.3 Å². The lowest BCUT2D eigenvalue weighted by atomic mass is 10.2. The van der Waals surface area contributed by atoms with Crippen LogP contribution in [0.5, 0.6) is 0 Å². The van der Waals surface area contributed by atoms with Crippen molar-refractivity contribution in [2.75, 3.05) is 0 Å². The maximum Gasteiger partial charge on any atom is 0.271 e. The molecular weight excluding hydrogens is 334 g/mol. The summed E-state index contributed by atoms with van der Waals surface area (Å²) in [6, 6.07) is 7.10. The van der Waals surface area contributed by atoms with Crippen LogP contribution in [0.15, 0.2) is 33.8 Å². The third-order valence-corrected chi connectivity index (χ3v) is 3.42. The Morgan fingerprint density at radius 2 is 1.90 bits per heavy atom. The molecule has 0 unspecified atom stereocenters. The first-order valence-electron chi connectivity index (χ1n) is 6.80. The van der Waals surface area contributed by atoms with Gasteiger partial charge < -0.3 is 5.32 Å². The van der Waals surface area contributed by atoms with E-state index in [0.29, 0.717) is 11.3 Å². The van der Waals surface area contributed by atoms with Crippen molar-refractivity contribution in [2.45, 2.75) is 39.7 Å². The van der Waals surface area contributed by atoms with Gasteiger partial charge in [0.15, 0.2) is 0 Å². The highest BCUT2D eigenvalue weighted by molar-refractivity contribution is 9.10. The average molecular weight is 354 g/mol. The second kappa shape index (κ2) is 8.56. The van der Waals surface area contributed by atoms with E-state index in [1.165, 1.54) is 0 Å². The van der Waals surface area contributed by atoms with Crippen molar-refractivity contribution >= 4 is 33.5 Å². The number of halogens is 1. The van der Waals surface area contributed by atoms with Crippen LogP contribution in [0.4, 0.5) is 0 Å². The van der Waals surface area contributed by atoms with Gasteiger partial charge in [-0.05, 0) is 44.5 Å². The zero-order chi connectivity index (χ0) is 15.8. The number of benzene rings is 1. The van der Waals surface area contributed by atoms with Crippen LogP contribution in [0.25, 0.3) is 0 Å². The van der Waals surface area contributed by atoms with Crippen LogP contribution < -0.4 is 10.7 Å². The molecule has 0 heterocycles. The fourth-order valence-electron chi connectivity index (χ4n) is 1.51. The van der Waals surface area contributed by atoms with Crippen LogP contribution in [0.3, 0.4) is 0 Å². The molecule has 0 fully saturated rings. The molecular formula is C15H20BrN3O2. The SMILES string of the molecule is CC[C@@H](C)NC(=O)CC(C)=NNC(=O)c1ccc(Br)cc1. The predicted octanol–water partition coefficient (Wildman–Crippen LogP) is 2.86. The highest BCUT2D eigenvalue weighted by Gasteiger charge is 2.08. The van der Waals surface area contributed by atoms with E-state index >= 15 is 0 Å². The number of hydrogen-bond acceptors (Lipinski definition) is 3. The molecule has 114 valence electrons. The minimum absolute atomic E-state index is 0.0940. The van der Waals surface area contributed by atoms with Crippen molar-refractivity contribution < 1.29 is 9.59 Å². The Kier molecular flexibility index (Phi) is 7.08. The van der Waals surface area contributed by atoms with E-state index in [0.717, 1.165) is 10.9 Å². The van der Waals surface area contributed by atoms with Crippen LogP contribution in [0.1, 0.15) is 44.0 Å². The Morgan fingerprint density at radius 1 is 1.29 bits per heavy atom. The van der Waals surface area contributed by atoms with Gasteiger partial charge in [-0.2, -0.15) is 5.10 Å². The van der Waals surface area contributed by atoms with E-state index in [9.17, 15) is 9.59 Å². The van der Waals surface area contributed by atoms with Crippen LogP contribution in [0, 0.1) is 0 Å². The summed E-state index contributed by atoms with van der Waals surface area (Å²) >= 11 is 3.31. The number of nitrogens with one attached hydrogen (secondary N) is 2. The lowest BCUT2D eigenvalue weighted by Gasteiger charge is -2.10. The molecule has 1 atom stereocenters. The second-order valence-corrected chi connectivity index (χ2v) is 5.76. The molecule has 2 amide bonds. The molecule has 1 aromatic carbocycles. The number of nitrogens with zero attached hydrogens (tertiary/aromatic N) is 1. The number of carbonyl (C=O) groups excluding carboxylic acids is 2. The molecule has 0 saturated carbocycles. The zero-order valence-corrected chi connectivity index (χ0v) is 14.0. The molecule has 1 rings (SSSR count). The lowest BCUT2D eigenvalue weighted by Crippen LogP contribution is -2.33. The summed E-state index contributed by atoms with van der Waals surface area (Å²) in [7, 11) is 0. The predicted molar refractivity (Wildman–Crippen MR) is 87.2 cm³/mol. The smallest absolute Gasteiger partial charge is 0.271 e. The summed E-state index contributed by atoms with van der Waals surface area (Å²) in [4.78, 5) is 23.5. The van der Waals surface area contributed by atoms with Crippen molar-refractivity contribution in [3.8, 4) is 0 Å². The number of amides is 2. The molecule has 21 heavy (non-hydrogen) atoms. The van der Waals surface area contributed by atoms with E-state index < -0.39 is 0 Å². The molecule has 1 aromatic rings. The Hall–Kier alpha value is -1.69. The fourth-order valence-corrected chi connectivity index (χ4v) is 1.78. The molecule has 0 bridgehead atoms. The zero-order valence-electron chi connectivity index (χ0n) is 12.4. The van der Waals surface area contributed by atoms with Gasteiger partial charge in [0.25, 0.3) is 5.91 Å². The molecule has 6 heteroatoms. The van der Waals surface area contributed by atoms with Crippen LogP contribution in [0.2, 0.25) is 0 Å². The van der Waals surface area contributed by atoms with Crippen molar-refractivity contribution in [1.29, 1.82) is 0 Å². The van der Waals surface area contributed by atoms with Gasteiger partial charge in [-0.3, -0.25) is 9.59 Å². The Bertz CT molecular complexity index is 526. The summed E-state index contributed by atoms with van der Waals surface area (Å²) in [6.07, 6.45) is 1.05. The molecule has 0 spiro atoms. The monoisotopic (exact) mass is 353 g/mol. The molecule has 0 aliphatic rings. The van der Waals surface area contributed by atoms with E-state index in [-0.39, 0.29) is 24.3 Å². The first kappa shape index (κ1) is 17.4. The molecule has 0 radical (unpaired) electrons. The van der Waals surface area contributed by atoms with E-state index in [4.69, 9.17) is 0 Å². The van der Waals surface area contributed by atoms with Gasteiger partial charge in [0.1, 0.15) is 0 Å². The minimum Gasteiger partial charge on any atom is -0.353 e. The molecule has 0 saturated heterocycles. The quantitative estimate of drug-likeness (QED) is 0.609. The fraction of sp³-hybridized carbons (Fsp3) is 0.400. The third kappa shape index (κ3) is 6.53. The van der Waals surface area contributed by atoms with Gasteiger partial charge in [0.05, 0.1) is 6.42 Å². The van der Waals surface area contributed by atoms with Gasteiger partial charge in [0.2, 0.25) is 5.91 Å². The molecule has 0 aliphatic carbocycles. The molecule has 0 aliphatic heterocycles. The summed E-state index contributed by atoms with van der Waals surface area (Å²) in [5.74, 6) is -0.396. The van der Waals surface area contributed by atoms with E-state index in [1.54, 1.807) is 31.2 Å². The van der Waals surface area contributed by atoms with Crippen LogP contribution >= 0.6 is 15.9 Å². The van der Waals surface area contributed by atoms with Crippen molar-refractivity contribution in [1.82, 2.24) is 10.7 Å². The van der Waals surface area contributed by atoms with Crippen molar-refractivity contribution in [3.63, 3.8) is 0 Å². The van der Waals surface area contributed by atoms with E-state index in [1.807, 2.05) is 13.8 Å². The summed E-state index contributed by atoms with van der Waals surface area (Å²) in [5, 5.41) is 6.79. The molecule has 0 aromatic heterocycles. The van der Waals surface area contributed by atoms with E-state index in [2.05, 4.69) is 31.8 Å². The Morgan fingerprint density at radius 3 is 2.48 bits per heavy atom. The number of hydrogen-bond donors (Lipinski definition) is 2. The maximum atomic E-state index is 11.8. The number of rotatable bonds is 6. The van der Waals surface area contributed by atoms with Crippen LogP contribution in [-0.2, 0) is 4.79 Å². The largest absolute Gasteiger partial charge is 0.353 e. The Labute approximate surface area is 133 Å². The molecule has 5 nitrogen and oxygen atoms in total. The van der Waals surface area contributed by atoms with Crippen molar-refractivity contribution in [2.24, 2.45) is 5.10 Å².